The molecule has 0 radical (unpaired) electrons. The lowest BCUT2D eigenvalue weighted by Crippen LogP contribution is -2.47. The van der Waals surface area contributed by atoms with Crippen LogP contribution in [-0.4, -0.2) is 48.2 Å². The van der Waals surface area contributed by atoms with Crippen molar-refractivity contribution in [1.29, 1.82) is 0 Å². The molecular formula is C21H28F2N4O2. The molecule has 1 aromatic rings. The number of carbonyl (C=O) groups is 1. The van der Waals surface area contributed by atoms with Crippen molar-refractivity contribution in [1.82, 2.24) is 9.97 Å². The monoisotopic (exact) mass is 406 g/mol. The molecule has 2 saturated heterocycles. The van der Waals surface area contributed by atoms with Gasteiger partial charge in [0.25, 0.3) is 5.92 Å². The Morgan fingerprint density at radius 3 is 2.66 bits per heavy atom. The fourth-order valence-corrected chi connectivity index (χ4v) is 5.34. The zero-order chi connectivity index (χ0) is 20.3. The minimum atomic E-state index is -2.89. The molecule has 158 valence electrons. The van der Waals surface area contributed by atoms with E-state index in [-0.39, 0.29) is 18.1 Å². The van der Waals surface area contributed by atoms with Crippen LogP contribution in [0.1, 0.15) is 50.8 Å². The second kappa shape index (κ2) is 6.77. The molecule has 0 spiro atoms. The average molecular weight is 406 g/mol. The third kappa shape index (κ3) is 3.15. The first-order valence-electron chi connectivity index (χ1n) is 10.9. The van der Waals surface area contributed by atoms with Gasteiger partial charge in [-0.2, -0.15) is 13.8 Å². The predicted molar refractivity (Wildman–Crippen MR) is 104 cm³/mol. The Labute approximate surface area is 169 Å². The molecule has 4 aliphatic rings. The summed E-state index contributed by atoms with van der Waals surface area (Å²) in [4.78, 5) is 25.1. The highest BCUT2D eigenvalue weighted by Crippen LogP contribution is 2.55. The van der Waals surface area contributed by atoms with E-state index in [1.807, 2.05) is 11.8 Å². The molecule has 0 N–H and O–H groups in total. The third-order valence-electron chi connectivity index (χ3n) is 7.19. The Morgan fingerprint density at radius 1 is 1.28 bits per heavy atom. The first-order valence-corrected chi connectivity index (χ1v) is 10.9. The number of aromatic nitrogens is 2. The van der Waals surface area contributed by atoms with Crippen molar-refractivity contribution in [3.05, 3.63) is 11.3 Å². The van der Waals surface area contributed by atoms with E-state index < -0.39 is 5.92 Å². The zero-order valence-electron chi connectivity index (χ0n) is 17.0. The van der Waals surface area contributed by atoms with Gasteiger partial charge in [0.05, 0.1) is 6.61 Å². The molecule has 0 amide bonds. The molecule has 8 heteroatoms. The maximum atomic E-state index is 14.7. The maximum absolute atomic E-state index is 14.7. The van der Waals surface area contributed by atoms with Crippen LogP contribution in [-0.2, 0) is 21.9 Å². The van der Waals surface area contributed by atoms with E-state index in [1.54, 1.807) is 0 Å². The van der Waals surface area contributed by atoms with Gasteiger partial charge < -0.3 is 14.5 Å². The maximum Gasteiger partial charge on any atom is 0.306 e. The molecule has 3 atom stereocenters. The first-order chi connectivity index (χ1) is 13.9. The smallest absolute Gasteiger partial charge is 0.306 e. The van der Waals surface area contributed by atoms with E-state index in [0.717, 1.165) is 26.1 Å². The second-order valence-corrected chi connectivity index (χ2v) is 8.97. The quantitative estimate of drug-likeness (QED) is 0.701. The number of halogens is 2. The molecule has 0 bridgehead atoms. The van der Waals surface area contributed by atoms with Crippen LogP contribution < -0.4 is 9.80 Å². The van der Waals surface area contributed by atoms with E-state index >= 15 is 0 Å². The Kier molecular flexibility index (Phi) is 4.44. The second-order valence-electron chi connectivity index (χ2n) is 8.97. The molecule has 0 aromatic carbocycles. The summed E-state index contributed by atoms with van der Waals surface area (Å²) in [6, 6.07) is 0.291. The number of esters is 1. The highest BCUT2D eigenvalue weighted by Gasteiger charge is 2.57. The number of rotatable bonds is 5. The molecular weight excluding hydrogens is 378 g/mol. The number of nitrogens with zero attached hydrogens (tertiary/aromatic N) is 4. The molecule has 2 aliphatic carbocycles. The molecule has 1 aromatic heterocycles. The van der Waals surface area contributed by atoms with Crippen molar-refractivity contribution >= 4 is 17.7 Å². The Balaban J connectivity index is 1.40. The molecule has 2 aliphatic heterocycles. The topological polar surface area (TPSA) is 58.6 Å². The fraction of sp³-hybridized carbons (Fsp3) is 0.762. The van der Waals surface area contributed by atoms with Crippen molar-refractivity contribution in [3.8, 4) is 0 Å². The average Bonchev–Trinajstić information content (AvgIpc) is 3.10. The van der Waals surface area contributed by atoms with Crippen LogP contribution in [0.3, 0.4) is 0 Å². The van der Waals surface area contributed by atoms with Gasteiger partial charge in [0.2, 0.25) is 5.95 Å². The van der Waals surface area contributed by atoms with Crippen LogP contribution in [0.15, 0.2) is 0 Å². The number of alkyl halides is 2. The van der Waals surface area contributed by atoms with E-state index in [0.29, 0.717) is 67.0 Å². The summed E-state index contributed by atoms with van der Waals surface area (Å²) < 4.78 is 34.5. The lowest BCUT2D eigenvalue weighted by molar-refractivity contribution is -0.143. The number of hydrogen-bond acceptors (Lipinski definition) is 6. The summed E-state index contributed by atoms with van der Waals surface area (Å²) >= 11 is 0. The van der Waals surface area contributed by atoms with Crippen LogP contribution in [0.25, 0.3) is 0 Å². The van der Waals surface area contributed by atoms with E-state index in [4.69, 9.17) is 9.72 Å². The minimum absolute atomic E-state index is 0.0634. The molecule has 3 heterocycles. The van der Waals surface area contributed by atoms with Crippen LogP contribution in [0.2, 0.25) is 0 Å². The summed E-state index contributed by atoms with van der Waals surface area (Å²) in [5, 5.41) is 0. The summed E-state index contributed by atoms with van der Waals surface area (Å²) in [6.07, 6.45) is 2.43. The van der Waals surface area contributed by atoms with Gasteiger partial charge in [-0.15, -0.1) is 0 Å². The van der Waals surface area contributed by atoms with Gasteiger partial charge in [0.1, 0.15) is 11.5 Å². The highest BCUT2D eigenvalue weighted by atomic mass is 19.3. The molecule has 6 nitrogen and oxygen atoms in total. The fourth-order valence-electron chi connectivity index (χ4n) is 5.34. The Bertz CT molecular complexity index is 821. The van der Waals surface area contributed by atoms with Gasteiger partial charge >= 0.3 is 5.97 Å². The number of hydrogen-bond donors (Lipinski definition) is 0. The summed E-state index contributed by atoms with van der Waals surface area (Å²) in [6.45, 7) is 6.68. The van der Waals surface area contributed by atoms with E-state index in [9.17, 15) is 13.6 Å². The van der Waals surface area contributed by atoms with Gasteiger partial charge in [-0.05, 0) is 50.9 Å². The molecule has 3 fully saturated rings. The highest BCUT2D eigenvalue weighted by molar-refractivity contribution is 5.70. The zero-order valence-corrected chi connectivity index (χ0v) is 17.0. The van der Waals surface area contributed by atoms with Crippen molar-refractivity contribution in [3.63, 3.8) is 0 Å². The Morgan fingerprint density at radius 2 is 2.03 bits per heavy atom. The van der Waals surface area contributed by atoms with E-state index in [1.165, 1.54) is 0 Å². The normalized spacial score (nSPS) is 31.7. The van der Waals surface area contributed by atoms with Crippen molar-refractivity contribution in [2.45, 2.75) is 57.9 Å². The van der Waals surface area contributed by atoms with Crippen molar-refractivity contribution in [2.24, 2.45) is 17.8 Å². The minimum Gasteiger partial charge on any atom is -0.466 e. The van der Waals surface area contributed by atoms with Crippen molar-refractivity contribution in [2.75, 3.05) is 36.0 Å². The van der Waals surface area contributed by atoms with Gasteiger partial charge in [-0.25, -0.2) is 4.98 Å². The number of ether oxygens (including phenoxy) is 1. The Hall–Kier alpha value is -1.99. The molecule has 1 saturated carbocycles. The van der Waals surface area contributed by atoms with Crippen LogP contribution in [0, 0.1) is 17.8 Å². The number of carbonyl (C=O) groups excluding carboxylic acids is 1. The van der Waals surface area contributed by atoms with Gasteiger partial charge in [-0.3, -0.25) is 4.79 Å². The van der Waals surface area contributed by atoms with Crippen LogP contribution in [0.4, 0.5) is 20.5 Å². The van der Waals surface area contributed by atoms with Gasteiger partial charge in [-0.1, -0.05) is 0 Å². The van der Waals surface area contributed by atoms with Gasteiger partial charge in [0, 0.05) is 44.1 Å². The standard InChI is InChI=1S/C21H28F2N4O2/c1-3-29-17(28)9-14-15-10-26(11-16(14)15)19-13-5-4-7-21(22,23)18(13)24-20(25-19)27-8-6-12(27)2/h12,14-16H,3-11H2,1-2H3/t12-,14?,15?,16?/m0/s1. The van der Waals surface area contributed by atoms with Crippen LogP contribution in [0.5, 0.6) is 0 Å². The van der Waals surface area contributed by atoms with Gasteiger partial charge in [0.15, 0.2) is 0 Å². The molecule has 5 rings (SSSR count). The summed E-state index contributed by atoms with van der Waals surface area (Å²) in [7, 11) is 0. The molecule has 2 unspecified atom stereocenters. The number of anilines is 2. The lowest BCUT2D eigenvalue weighted by Gasteiger charge is -2.40. The number of piperidine rings is 1. The summed E-state index contributed by atoms with van der Waals surface area (Å²) in [5.74, 6) is -0.649. The predicted octanol–water partition coefficient (Wildman–Crippen LogP) is 3.14. The van der Waals surface area contributed by atoms with Crippen molar-refractivity contribution < 1.29 is 18.3 Å². The SMILES string of the molecule is CCOC(=O)CC1C2CN(c3nc(N4CC[C@@H]4C)nc4c3CCCC4(F)F)CC12. The van der Waals surface area contributed by atoms with E-state index in [2.05, 4.69) is 16.8 Å². The largest absolute Gasteiger partial charge is 0.466 e. The summed E-state index contributed by atoms with van der Waals surface area (Å²) in [5.41, 5.74) is 0.563. The lowest BCUT2D eigenvalue weighted by atomic mass is 9.92. The number of fused-ring (bicyclic) bond motifs is 2. The molecule has 29 heavy (non-hydrogen) atoms. The third-order valence-corrected chi connectivity index (χ3v) is 7.19. The first kappa shape index (κ1) is 19.0. The van der Waals surface area contributed by atoms with Crippen LogP contribution >= 0.6 is 0 Å².